The molecule has 1 saturated heterocycles. The van der Waals surface area contributed by atoms with E-state index in [4.69, 9.17) is 0 Å². The molecular formula is C19H18N4O6. The Bertz CT molecular complexity index is 865. The first-order valence-corrected chi connectivity index (χ1v) is 8.94. The minimum atomic E-state index is -0.526. The average Bonchev–Trinajstić information content (AvgIpc) is 2.99. The predicted molar refractivity (Wildman–Crippen MR) is 103 cm³/mol. The highest BCUT2D eigenvalue weighted by Crippen LogP contribution is 2.17. The summed E-state index contributed by atoms with van der Waals surface area (Å²) in [6.45, 7) is 1.57. The molecule has 2 aromatic carbocycles. The molecule has 0 aromatic heterocycles. The third-order valence-electron chi connectivity index (χ3n) is 4.72. The largest absolute Gasteiger partial charge is 0.337 e. The summed E-state index contributed by atoms with van der Waals surface area (Å²) in [5.74, 6) is -0.492. The van der Waals surface area contributed by atoms with Gasteiger partial charge in [-0.25, -0.2) is 0 Å². The lowest BCUT2D eigenvalue weighted by Gasteiger charge is -2.22. The molecule has 1 heterocycles. The van der Waals surface area contributed by atoms with Crippen LogP contribution in [0.15, 0.2) is 48.5 Å². The maximum Gasteiger partial charge on any atom is 0.269 e. The van der Waals surface area contributed by atoms with Gasteiger partial charge in [0.25, 0.3) is 23.2 Å². The first-order valence-electron chi connectivity index (χ1n) is 8.94. The molecule has 29 heavy (non-hydrogen) atoms. The van der Waals surface area contributed by atoms with Crippen LogP contribution in [0.25, 0.3) is 0 Å². The van der Waals surface area contributed by atoms with Crippen LogP contribution in [0.5, 0.6) is 0 Å². The van der Waals surface area contributed by atoms with E-state index < -0.39 is 9.85 Å². The molecule has 150 valence electrons. The zero-order chi connectivity index (χ0) is 21.0. The number of hydrogen-bond acceptors (Lipinski definition) is 6. The molecule has 0 unspecified atom stereocenters. The van der Waals surface area contributed by atoms with Crippen molar-refractivity contribution in [3.8, 4) is 0 Å². The SMILES string of the molecule is O=C(c1ccc([N+](=O)[O-])cc1)N1CCCN(C(=O)c2ccc([N+](=O)[O-])cc2)CC1. The van der Waals surface area contributed by atoms with Gasteiger partial charge in [0.15, 0.2) is 0 Å². The van der Waals surface area contributed by atoms with E-state index in [9.17, 15) is 29.8 Å². The number of amides is 2. The van der Waals surface area contributed by atoms with Crippen molar-refractivity contribution in [2.45, 2.75) is 6.42 Å². The molecule has 0 N–H and O–H groups in total. The summed E-state index contributed by atoms with van der Waals surface area (Å²) in [5.41, 5.74) is 0.533. The molecule has 10 nitrogen and oxygen atoms in total. The topological polar surface area (TPSA) is 127 Å². The molecule has 2 amide bonds. The van der Waals surface area contributed by atoms with Crippen molar-refractivity contribution in [2.75, 3.05) is 26.2 Å². The lowest BCUT2D eigenvalue weighted by molar-refractivity contribution is -0.385. The number of nitrogens with zero attached hydrogens (tertiary/aromatic N) is 4. The number of nitro benzene ring substituents is 2. The van der Waals surface area contributed by atoms with Gasteiger partial charge in [0.05, 0.1) is 9.85 Å². The fraction of sp³-hybridized carbons (Fsp3) is 0.263. The number of rotatable bonds is 4. The van der Waals surface area contributed by atoms with E-state index in [1.165, 1.54) is 48.5 Å². The molecule has 0 saturated carbocycles. The lowest BCUT2D eigenvalue weighted by Crippen LogP contribution is -2.37. The fourth-order valence-corrected chi connectivity index (χ4v) is 3.14. The molecule has 0 spiro atoms. The summed E-state index contributed by atoms with van der Waals surface area (Å²) in [7, 11) is 0. The first-order chi connectivity index (χ1) is 13.9. The van der Waals surface area contributed by atoms with Gasteiger partial charge in [-0.15, -0.1) is 0 Å². The van der Waals surface area contributed by atoms with E-state index in [0.29, 0.717) is 43.7 Å². The van der Waals surface area contributed by atoms with Gasteiger partial charge in [0.1, 0.15) is 0 Å². The molecule has 2 aromatic rings. The van der Waals surface area contributed by atoms with Crippen LogP contribution in [-0.4, -0.2) is 57.6 Å². The highest BCUT2D eigenvalue weighted by molar-refractivity contribution is 5.95. The Kier molecular flexibility index (Phi) is 5.82. The Labute approximate surface area is 165 Å². The zero-order valence-electron chi connectivity index (χ0n) is 15.4. The van der Waals surface area contributed by atoms with Crippen LogP contribution in [0.2, 0.25) is 0 Å². The molecule has 1 aliphatic rings. The number of carbonyl (C=O) groups is 2. The normalized spacial score (nSPS) is 14.2. The maximum atomic E-state index is 12.7. The molecule has 1 aliphatic heterocycles. The predicted octanol–water partition coefficient (Wildman–Crippen LogP) is 2.49. The minimum Gasteiger partial charge on any atom is -0.337 e. The van der Waals surface area contributed by atoms with Crippen LogP contribution in [0, 0.1) is 20.2 Å². The number of non-ortho nitro benzene ring substituents is 2. The van der Waals surface area contributed by atoms with Crippen molar-refractivity contribution in [3.05, 3.63) is 79.9 Å². The highest BCUT2D eigenvalue weighted by atomic mass is 16.6. The average molecular weight is 398 g/mol. The molecule has 0 aliphatic carbocycles. The van der Waals surface area contributed by atoms with Crippen LogP contribution in [-0.2, 0) is 0 Å². The van der Waals surface area contributed by atoms with Crippen LogP contribution in [0.1, 0.15) is 27.1 Å². The summed E-state index contributed by atoms with van der Waals surface area (Å²) < 4.78 is 0. The second-order valence-electron chi connectivity index (χ2n) is 6.55. The Morgan fingerprint density at radius 2 is 1.00 bits per heavy atom. The fourth-order valence-electron chi connectivity index (χ4n) is 3.14. The summed E-state index contributed by atoms with van der Waals surface area (Å²) in [6, 6.07) is 10.8. The Morgan fingerprint density at radius 3 is 1.31 bits per heavy atom. The van der Waals surface area contributed by atoms with Gasteiger partial charge < -0.3 is 9.80 Å². The van der Waals surface area contributed by atoms with E-state index in [1.807, 2.05) is 0 Å². The zero-order valence-corrected chi connectivity index (χ0v) is 15.4. The van der Waals surface area contributed by atoms with Gasteiger partial charge >= 0.3 is 0 Å². The summed E-state index contributed by atoms with van der Waals surface area (Å²) in [4.78, 5) is 49.0. The van der Waals surface area contributed by atoms with Crippen LogP contribution in [0.4, 0.5) is 11.4 Å². The van der Waals surface area contributed by atoms with E-state index >= 15 is 0 Å². The van der Waals surface area contributed by atoms with E-state index in [1.54, 1.807) is 9.80 Å². The van der Waals surface area contributed by atoms with E-state index in [0.717, 1.165) is 0 Å². The van der Waals surface area contributed by atoms with E-state index in [2.05, 4.69) is 0 Å². The third-order valence-corrected chi connectivity index (χ3v) is 4.72. The van der Waals surface area contributed by atoms with Crippen molar-refractivity contribution in [3.63, 3.8) is 0 Å². The summed E-state index contributed by atoms with van der Waals surface area (Å²) >= 11 is 0. The van der Waals surface area contributed by atoms with Crippen molar-refractivity contribution in [1.29, 1.82) is 0 Å². The molecule has 0 bridgehead atoms. The van der Waals surface area contributed by atoms with Gasteiger partial charge in [-0.3, -0.25) is 29.8 Å². The van der Waals surface area contributed by atoms with Crippen LogP contribution < -0.4 is 0 Å². The number of benzene rings is 2. The van der Waals surface area contributed by atoms with Crippen molar-refractivity contribution in [1.82, 2.24) is 9.80 Å². The van der Waals surface area contributed by atoms with Gasteiger partial charge in [0, 0.05) is 61.6 Å². The molecular weight excluding hydrogens is 380 g/mol. The summed E-state index contributed by atoms with van der Waals surface area (Å²) in [6.07, 6.45) is 0.581. The number of nitro groups is 2. The van der Waals surface area contributed by atoms with Crippen molar-refractivity contribution in [2.24, 2.45) is 0 Å². The molecule has 0 atom stereocenters. The van der Waals surface area contributed by atoms with Gasteiger partial charge in [-0.05, 0) is 30.7 Å². The Morgan fingerprint density at radius 1 is 0.655 bits per heavy atom. The molecule has 3 rings (SSSR count). The van der Waals surface area contributed by atoms with Gasteiger partial charge in [-0.1, -0.05) is 0 Å². The highest BCUT2D eigenvalue weighted by Gasteiger charge is 2.24. The molecule has 10 heteroatoms. The minimum absolute atomic E-state index is 0.0858. The van der Waals surface area contributed by atoms with Gasteiger partial charge in [0.2, 0.25) is 0 Å². The van der Waals surface area contributed by atoms with Crippen LogP contribution >= 0.6 is 0 Å². The van der Waals surface area contributed by atoms with Crippen LogP contribution in [0.3, 0.4) is 0 Å². The van der Waals surface area contributed by atoms with Crippen molar-refractivity contribution >= 4 is 23.2 Å². The smallest absolute Gasteiger partial charge is 0.269 e. The Balaban J connectivity index is 1.64. The van der Waals surface area contributed by atoms with Crippen molar-refractivity contribution < 1.29 is 19.4 Å². The number of hydrogen-bond donors (Lipinski definition) is 0. The second kappa shape index (κ2) is 8.46. The second-order valence-corrected chi connectivity index (χ2v) is 6.55. The number of carbonyl (C=O) groups excluding carboxylic acids is 2. The quantitative estimate of drug-likeness (QED) is 0.575. The van der Waals surface area contributed by atoms with Gasteiger partial charge in [-0.2, -0.15) is 0 Å². The van der Waals surface area contributed by atoms with E-state index in [-0.39, 0.29) is 23.2 Å². The maximum absolute atomic E-state index is 12.7. The molecule has 1 fully saturated rings. The lowest BCUT2D eigenvalue weighted by atomic mass is 10.1. The first kappa shape index (κ1) is 19.9. The molecule has 0 radical (unpaired) electrons. The monoisotopic (exact) mass is 398 g/mol. The summed E-state index contributed by atoms with van der Waals surface area (Å²) in [5, 5.41) is 21.5. The Hall–Kier alpha value is -3.82. The standard InChI is InChI=1S/C19H18N4O6/c24-18(14-2-6-16(7-3-14)22(26)27)20-10-1-11-21(13-12-20)19(25)15-4-8-17(9-5-15)23(28)29/h2-9H,1,10-13H2. The third kappa shape index (κ3) is 4.54.